The molecule has 6 heteroatoms. The van der Waals surface area contributed by atoms with Gasteiger partial charge in [0.15, 0.2) is 9.84 Å². The molecule has 0 spiro atoms. The molecular weight excluding hydrogens is 278 g/mol. The monoisotopic (exact) mass is 291 g/mol. The minimum Gasteiger partial charge on any atom is -0.478 e. The van der Waals surface area contributed by atoms with E-state index in [1.54, 1.807) is 18.2 Å². The van der Waals surface area contributed by atoms with Crippen LogP contribution in [0.2, 0.25) is 0 Å². The van der Waals surface area contributed by atoms with Crippen molar-refractivity contribution in [2.75, 3.05) is 0 Å². The molecule has 1 unspecified atom stereocenters. The SMILES string of the molecule is NC(c1cccc(C(=O)O)c1)S(=O)(=O)c1ccccc1. The Kier molecular flexibility index (Phi) is 3.87. The molecule has 3 N–H and O–H groups in total. The highest BCUT2D eigenvalue weighted by atomic mass is 32.2. The van der Waals surface area contributed by atoms with Crippen LogP contribution in [0.1, 0.15) is 21.3 Å². The van der Waals surface area contributed by atoms with E-state index in [1.807, 2.05) is 0 Å². The first-order chi connectivity index (χ1) is 9.43. The summed E-state index contributed by atoms with van der Waals surface area (Å²) < 4.78 is 24.7. The van der Waals surface area contributed by atoms with Crippen LogP contribution >= 0.6 is 0 Å². The van der Waals surface area contributed by atoms with Gasteiger partial charge < -0.3 is 10.8 Å². The van der Waals surface area contributed by atoms with Crippen molar-refractivity contribution < 1.29 is 18.3 Å². The van der Waals surface area contributed by atoms with Gasteiger partial charge in [-0.15, -0.1) is 0 Å². The Hall–Kier alpha value is -2.18. The predicted molar refractivity (Wildman–Crippen MR) is 74.0 cm³/mol. The molecule has 2 aromatic rings. The van der Waals surface area contributed by atoms with Gasteiger partial charge in [-0.25, -0.2) is 13.2 Å². The lowest BCUT2D eigenvalue weighted by atomic mass is 10.1. The predicted octanol–water partition coefficient (Wildman–Crippen LogP) is 1.82. The fourth-order valence-electron chi connectivity index (χ4n) is 1.78. The van der Waals surface area contributed by atoms with Crippen LogP contribution in [0.4, 0.5) is 0 Å². The topological polar surface area (TPSA) is 97.5 Å². The summed E-state index contributed by atoms with van der Waals surface area (Å²) in [6.45, 7) is 0. The minimum atomic E-state index is -3.75. The molecule has 0 aliphatic rings. The van der Waals surface area contributed by atoms with Crippen molar-refractivity contribution in [2.24, 2.45) is 5.73 Å². The molecule has 2 aromatic carbocycles. The normalized spacial score (nSPS) is 12.8. The summed E-state index contributed by atoms with van der Waals surface area (Å²) in [5.74, 6) is -1.13. The average Bonchev–Trinajstić information content (AvgIpc) is 2.47. The molecule has 0 amide bonds. The van der Waals surface area contributed by atoms with E-state index in [4.69, 9.17) is 10.8 Å². The maximum absolute atomic E-state index is 12.3. The van der Waals surface area contributed by atoms with Crippen LogP contribution in [0, 0.1) is 0 Å². The molecule has 1 atom stereocenters. The van der Waals surface area contributed by atoms with E-state index in [2.05, 4.69) is 0 Å². The van der Waals surface area contributed by atoms with Crippen molar-refractivity contribution in [3.8, 4) is 0 Å². The third kappa shape index (κ3) is 2.71. The molecule has 0 saturated heterocycles. The number of benzene rings is 2. The number of sulfone groups is 1. The molecule has 0 heterocycles. The fourth-order valence-corrected chi connectivity index (χ4v) is 3.12. The van der Waals surface area contributed by atoms with Crippen LogP contribution < -0.4 is 5.73 Å². The average molecular weight is 291 g/mol. The number of hydrogen-bond donors (Lipinski definition) is 2. The second kappa shape index (κ2) is 5.44. The van der Waals surface area contributed by atoms with Gasteiger partial charge in [0.2, 0.25) is 0 Å². The Morgan fingerprint density at radius 1 is 1.05 bits per heavy atom. The van der Waals surface area contributed by atoms with Gasteiger partial charge in [-0.3, -0.25) is 0 Å². The Morgan fingerprint density at radius 3 is 2.30 bits per heavy atom. The number of carboxylic acid groups (broad SMARTS) is 1. The van der Waals surface area contributed by atoms with E-state index >= 15 is 0 Å². The van der Waals surface area contributed by atoms with E-state index in [0.717, 1.165) is 0 Å². The van der Waals surface area contributed by atoms with Gasteiger partial charge in [0, 0.05) is 0 Å². The number of aromatic carboxylic acids is 1. The molecule has 0 aliphatic heterocycles. The molecule has 0 aliphatic carbocycles. The molecule has 0 aromatic heterocycles. The summed E-state index contributed by atoms with van der Waals surface area (Å²) >= 11 is 0. The zero-order valence-corrected chi connectivity index (χ0v) is 11.2. The third-order valence-corrected chi connectivity index (χ3v) is 4.74. The van der Waals surface area contributed by atoms with Gasteiger partial charge in [0.1, 0.15) is 5.37 Å². The van der Waals surface area contributed by atoms with Gasteiger partial charge in [-0.2, -0.15) is 0 Å². The number of hydrogen-bond acceptors (Lipinski definition) is 4. The van der Waals surface area contributed by atoms with E-state index in [-0.39, 0.29) is 16.0 Å². The van der Waals surface area contributed by atoms with E-state index in [9.17, 15) is 13.2 Å². The van der Waals surface area contributed by atoms with Crippen molar-refractivity contribution in [2.45, 2.75) is 10.3 Å². The summed E-state index contributed by atoms with van der Waals surface area (Å²) in [4.78, 5) is 11.0. The summed E-state index contributed by atoms with van der Waals surface area (Å²) in [5, 5.41) is 7.62. The molecule has 2 rings (SSSR count). The Bertz CT molecular complexity index is 726. The van der Waals surface area contributed by atoms with E-state index in [0.29, 0.717) is 0 Å². The van der Waals surface area contributed by atoms with Gasteiger partial charge in [-0.05, 0) is 29.8 Å². The first-order valence-electron chi connectivity index (χ1n) is 5.80. The Balaban J connectivity index is 2.43. The first-order valence-corrected chi connectivity index (χ1v) is 7.35. The van der Waals surface area contributed by atoms with Crippen molar-refractivity contribution in [3.05, 3.63) is 65.7 Å². The highest BCUT2D eigenvalue weighted by Crippen LogP contribution is 2.24. The van der Waals surface area contributed by atoms with Crippen LogP contribution in [0.5, 0.6) is 0 Å². The lowest BCUT2D eigenvalue weighted by Gasteiger charge is -2.13. The zero-order valence-electron chi connectivity index (χ0n) is 10.4. The van der Waals surface area contributed by atoms with Crippen LogP contribution in [-0.2, 0) is 9.84 Å². The van der Waals surface area contributed by atoms with E-state index < -0.39 is 21.2 Å². The summed E-state index contributed by atoms with van der Waals surface area (Å²) in [7, 11) is -3.75. The van der Waals surface area contributed by atoms with Gasteiger partial charge in [0.25, 0.3) is 0 Å². The maximum atomic E-state index is 12.3. The molecule has 0 fully saturated rings. The first kappa shape index (κ1) is 14.2. The van der Waals surface area contributed by atoms with Crippen LogP contribution in [0.25, 0.3) is 0 Å². The second-order valence-electron chi connectivity index (χ2n) is 4.21. The molecule has 0 radical (unpaired) electrons. The molecule has 0 bridgehead atoms. The number of carbonyl (C=O) groups is 1. The fraction of sp³-hybridized carbons (Fsp3) is 0.0714. The smallest absolute Gasteiger partial charge is 0.335 e. The highest BCUT2D eigenvalue weighted by molar-refractivity contribution is 7.91. The van der Waals surface area contributed by atoms with Crippen LogP contribution in [0.15, 0.2) is 59.5 Å². The second-order valence-corrected chi connectivity index (χ2v) is 6.28. The van der Waals surface area contributed by atoms with Crippen molar-refractivity contribution in [3.63, 3.8) is 0 Å². The van der Waals surface area contributed by atoms with Crippen molar-refractivity contribution in [1.82, 2.24) is 0 Å². The zero-order chi connectivity index (χ0) is 14.8. The van der Waals surface area contributed by atoms with Gasteiger partial charge in [-0.1, -0.05) is 30.3 Å². The van der Waals surface area contributed by atoms with Crippen LogP contribution in [0.3, 0.4) is 0 Å². The lowest BCUT2D eigenvalue weighted by Crippen LogP contribution is -2.22. The van der Waals surface area contributed by atoms with Crippen LogP contribution in [-0.4, -0.2) is 19.5 Å². The molecule has 104 valence electrons. The van der Waals surface area contributed by atoms with Crippen molar-refractivity contribution in [1.29, 1.82) is 0 Å². The lowest BCUT2D eigenvalue weighted by molar-refractivity contribution is 0.0696. The van der Waals surface area contributed by atoms with E-state index in [1.165, 1.54) is 36.4 Å². The maximum Gasteiger partial charge on any atom is 0.335 e. The largest absolute Gasteiger partial charge is 0.478 e. The van der Waals surface area contributed by atoms with Gasteiger partial charge >= 0.3 is 5.97 Å². The Labute approximate surface area is 116 Å². The Morgan fingerprint density at radius 2 is 1.70 bits per heavy atom. The van der Waals surface area contributed by atoms with Gasteiger partial charge in [0.05, 0.1) is 10.5 Å². The summed E-state index contributed by atoms with van der Waals surface area (Å²) in [6.07, 6.45) is 0. The summed E-state index contributed by atoms with van der Waals surface area (Å²) in [5.41, 5.74) is 6.04. The quantitative estimate of drug-likeness (QED) is 0.895. The molecule has 20 heavy (non-hydrogen) atoms. The third-order valence-electron chi connectivity index (χ3n) is 2.87. The van der Waals surface area contributed by atoms with Crippen molar-refractivity contribution >= 4 is 15.8 Å². The molecule has 0 saturated carbocycles. The highest BCUT2D eigenvalue weighted by Gasteiger charge is 2.25. The molecule has 5 nitrogen and oxygen atoms in total. The minimum absolute atomic E-state index is 0.00112. The number of carboxylic acids is 1. The summed E-state index contributed by atoms with van der Waals surface area (Å²) in [6, 6.07) is 13.4. The number of rotatable bonds is 4. The number of nitrogens with two attached hydrogens (primary N) is 1. The standard InChI is InChI=1S/C14H13NO4S/c15-13(10-5-4-6-11(9-10)14(16)17)20(18,19)12-7-2-1-3-8-12/h1-9,13H,15H2,(H,16,17). The molecular formula is C14H13NO4S.